The Morgan fingerprint density at radius 1 is 1.39 bits per heavy atom. The molecule has 0 aromatic carbocycles. The lowest BCUT2D eigenvalue weighted by molar-refractivity contribution is 0.0990. The molecule has 0 bridgehead atoms. The Labute approximate surface area is 132 Å². The lowest BCUT2D eigenvalue weighted by atomic mass is 10.3. The maximum atomic E-state index is 12.7. The number of hydrogen-bond acceptors (Lipinski definition) is 4. The molecule has 3 heterocycles. The summed E-state index contributed by atoms with van der Waals surface area (Å²) in [7, 11) is 1.62. The molecule has 0 aliphatic heterocycles. The van der Waals surface area contributed by atoms with Crippen molar-refractivity contribution in [2.75, 3.05) is 13.7 Å². The summed E-state index contributed by atoms with van der Waals surface area (Å²) in [5, 5.41) is 0.388. The maximum Gasteiger partial charge on any atom is 0.267 e. The first kappa shape index (κ1) is 15.2. The first-order valence-electron chi connectivity index (χ1n) is 7.34. The Morgan fingerprint density at radius 2 is 2.17 bits per heavy atom. The zero-order valence-corrected chi connectivity index (χ0v) is 13.1. The molecule has 0 spiro atoms. The zero-order chi connectivity index (χ0) is 16.6. The molecule has 0 aliphatic rings. The summed E-state index contributed by atoms with van der Waals surface area (Å²) in [6.07, 6.45) is 2.36. The van der Waals surface area contributed by atoms with Gasteiger partial charge in [-0.3, -0.25) is 14.0 Å². The molecule has 7 nitrogen and oxygen atoms in total. The van der Waals surface area contributed by atoms with Crippen molar-refractivity contribution in [2.24, 2.45) is 5.73 Å². The number of nitrogens with zero attached hydrogens (tertiary/aromatic N) is 3. The quantitative estimate of drug-likeness (QED) is 0.714. The van der Waals surface area contributed by atoms with Crippen molar-refractivity contribution in [3.8, 4) is 0 Å². The third-order valence-corrected chi connectivity index (χ3v) is 3.87. The van der Waals surface area contributed by atoms with E-state index in [1.807, 2.05) is 13.0 Å². The van der Waals surface area contributed by atoms with Gasteiger partial charge in [-0.2, -0.15) is 0 Å². The number of hydrogen-bond donors (Lipinski definition) is 1. The number of aromatic nitrogens is 3. The minimum Gasteiger partial charge on any atom is -0.385 e. The van der Waals surface area contributed by atoms with Gasteiger partial charge in [0, 0.05) is 26.5 Å². The van der Waals surface area contributed by atoms with Crippen molar-refractivity contribution in [1.82, 2.24) is 14.0 Å². The second-order valence-electron chi connectivity index (χ2n) is 5.43. The van der Waals surface area contributed by atoms with Gasteiger partial charge in [0.2, 0.25) is 0 Å². The summed E-state index contributed by atoms with van der Waals surface area (Å²) in [5.74, 6) is -0.578. The van der Waals surface area contributed by atoms with Crippen LogP contribution >= 0.6 is 0 Å². The second-order valence-corrected chi connectivity index (χ2v) is 5.43. The van der Waals surface area contributed by atoms with Crippen molar-refractivity contribution in [1.29, 1.82) is 0 Å². The minimum absolute atomic E-state index is 0.207. The maximum absolute atomic E-state index is 12.7. The fourth-order valence-corrected chi connectivity index (χ4v) is 2.76. The summed E-state index contributed by atoms with van der Waals surface area (Å²) in [6.45, 7) is 2.94. The third-order valence-electron chi connectivity index (χ3n) is 3.87. The van der Waals surface area contributed by atoms with Gasteiger partial charge in [0.1, 0.15) is 17.0 Å². The standard InChI is InChI=1S/C16H18N4O3/c1-10-5-3-6-20-14(10)18-15-11(16(20)22)9-12(13(17)21)19(15)7-4-8-23-2/h3,5-6,9H,4,7-8H2,1-2H3,(H2,17,21). The number of methoxy groups -OCH3 is 1. The van der Waals surface area contributed by atoms with E-state index < -0.39 is 5.91 Å². The van der Waals surface area contributed by atoms with Crippen LogP contribution in [0.4, 0.5) is 0 Å². The molecule has 0 fully saturated rings. The Balaban J connectivity index is 2.32. The molecule has 0 saturated carbocycles. The second kappa shape index (κ2) is 5.85. The van der Waals surface area contributed by atoms with E-state index in [1.54, 1.807) is 23.9 Å². The SMILES string of the molecule is COCCCn1c(C(N)=O)cc2c(=O)n3cccc(C)c3nc21. The van der Waals surface area contributed by atoms with Gasteiger partial charge in [0.25, 0.3) is 11.5 Å². The summed E-state index contributed by atoms with van der Waals surface area (Å²) in [6, 6.07) is 5.21. The number of amides is 1. The first-order valence-corrected chi connectivity index (χ1v) is 7.34. The van der Waals surface area contributed by atoms with E-state index in [-0.39, 0.29) is 11.3 Å². The molecule has 3 aromatic heterocycles. The summed E-state index contributed by atoms with van der Waals surface area (Å²) < 4.78 is 8.24. The number of nitrogens with two attached hydrogens (primary N) is 1. The van der Waals surface area contributed by atoms with E-state index in [4.69, 9.17) is 10.5 Å². The molecule has 2 N–H and O–H groups in total. The Morgan fingerprint density at radius 3 is 2.87 bits per heavy atom. The zero-order valence-electron chi connectivity index (χ0n) is 13.1. The van der Waals surface area contributed by atoms with Crippen molar-refractivity contribution < 1.29 is 9.53 Å². The topological polar surface area (TPSA) is 91.6 Å². The molecule has 1 amide bonds. The molecule has 0 radical (unpaired) electrons. The highest BCUT2D eigenvalue weighted by atomic mass is 16.5. The van der Waals surface area contributed by atoms with Crippen LogP contribution in [0.15, 0.2) is 29.2 Å². The normalized spacial score (nSPS) is 11.4. The Bertz CT molecular complexity index is 955. The van der Waals surface area contributed by atoms with Crippen molar-refractivity contribution in [3.05, 3.63) is 46.0 Å². The molecule has 0 atom stereocenters. The van der Waals surface area contributed by atoms with Gasteiger partial charge >= 0.3 is 0 Å². The number of carbonyl (C=O) groups excluding carboxylic acids is 1. The molecular formula is C16H18N4O3. The molecule has 3 rings (SSSR count). The molecule has 120 valence electrons. The lowest BCUT2D eigenvalue weighted by Gasteiger charge is -2.09. The van der Waals surface area contributed by atoms with Crippen LogP contribution in [0.3, 0.4) is 0 Å². The summed E-state index contributed by atoms with van der Waals surface area (Å²) in [4.78, 5) is 29.0. The number of aryl methyl sites for hydroxylation is 2. The van der Waals surface area contributed by atoms with Gasteiger partial charge in [0.05, 0.1) is 5.39 Å². The van der Waals surface area contributed by atoms with Gasteiger partial charge in [0.15, 0.2) is 0 Å². The predicted octanol–water partition coefficient (Wildman–Crippen LogP) is 1.09. The van der Waals surface area contributed by atoms with Gasteiger partial charge in [-0.1, -0.05) is 6.07 Å². The van der Waals surface area contributed by atoms with Crippen LogP contribution in [0.2, 0.25) is 0 Å². The van der Waals surface area contributed by atoms with Crippen LogP contribution in [0.25, 0.3) is 16.7 Å². The molecule has 7 heteroatoms. The van der Waals surface area contributed by atoms with Crippen LogP contribution in [0.5, 0.6) is 0 Å². The lowest BCUT2D eigenvalue weighted by Crippen LogP contribution is -2.18. The highest BCUT2D eigenvalue weighted by molar-refractivity contribution is 5.97. The monoisotopic (exact) mass is 314 g/mol. The average molecular weight is 314 g/mol. The van der Waals surface area contributed by atoms with E-state index in [2.05, 4.69) is 4.98 Å². The van der Waals surface area contributed by atoms with Crippen LogP contribution in [-0.4, -0.2) is 33.6 Å². The number of rotatable bonds is 5. The van der Waals surface area contributed by atoms with E-state index in [9.17, 15) is 9.59 Å². The van der Waals surface area contributed by atoms with Gasteiger partial charge in [-0.05, 0) is 31.0 Å². The number of carbonyl (C=O) groups is 1. The highest BCUT2D eigenvalue weighted by Crippen LogP contribution is 2.18. The smallest absolute Gasteiger partial charge is 0.267 e. The fraction of sp³-hybridized carbons (Fsp3) is 0.312. The third kappa shape index (κ3) is 2.49. The summed E-state index contributed by atoms with van der Waals surface area (Å²) >= 11 is 0. The Hall–Kier alpha value is -2.67. The van der Waals surface area contributed by atoms with Crippen molar-refractivity contribution in [3.63, 3.8) is 0 Å². The number of fused-ring (bicyclic) bond motifs is 2. The summed E-state index contributed by atoms with van der Waals surface area (Å²) in [5.41, 5.74) is 7.48. The van der Waals surface area contributed by atoms with E-state index in [1.165, 1.54) is 10.5 Å². The first-order chi connectivity index (χ1) is 11.0. The van der Waals surface area contributed by atoms with E-state index >= 15 is 0 Å². The molecule has 23 heavy (non-hydrogen) atoms. The predicted molar refractivity (Wildman–Crippen MR) is 86.7 cm³/mol. The average Bonchev–Trinajstić information content (AvgIpc) is 2.88. The number of ether oxygens (including phenoxy) is 1. The van der Waals surface area contributed by atoms with Crippen LogP contribution < -0.4 is 11.3 Å². The van der Waals surface area contributed by atoms with Crippen LogP contribution in [0, 0.1) is 6.92 Å². The van der Waals surface area contributed by atoms with Gasteiger partial charge in [-0.15, -0.1) is 0 Å². The molecule has 0 saturated heterocycles. The van der Waals surface area contributed by atoms with Crippen molar-refractivity contribution in [2.45, 2.75) is 19.9 Å². The van der Waals surface area contributed by atoms with E-state index in [0.29, 0.717) is 36.3 Å². The van der Waals surface area contributed by atoms with Crippen LogP contribution in [-0.2, 0) is 11.3 Å². The minimum atomic E-state index is -0.578. The molecule has 0 aliphatic carbocycles. The van der Waals surface area contributed by atoms with Gasteiger partial charge in [-0.25, -0.2) is 4.98 Å². The van der Waals surface area contributed by atoms with Crippen molar-refractivity contribution >= 4 is 22.6 Å². The number of pyridine rings is 1. The largest absolute Gasteiger partial charge is 0.385 e. The van der Waals surface area contributed by atoms with E-state index in [0.717, 1.165) is 5.56 Å². The van der Waals surface area contributed by atoms with Gasteiger partial charge < -0.3 is 15.0 Å². The molecule has 3 aromatic rings. The molecular weight excluding hydrogens is 296 g/mol. The molecule has 0 unspecified atom stereocenters. The fourth-order valence-electron chi connectivity index (χ4n) is 2.76. The highest BCUT2D eigenvalue weighted by Gasteiger charge is 2.18. The number of primary amides is 1. The van der Waals surface area contributed by atoms with Crippen LogP contribution in [0.1, 0.15) is 22.5 Å². The Kier molecular flexibility index (Phi) is 3.87.